The molecule has 3 aromatic carbocycles. The lowest BCUT2D eigenvalue weighted by atomic mass is 10.2. The molecule has 0 aliphatic carbocycles. The van der Waals surface area contributed by atoms with Gasteiger partial charge in [-0.3, -0.25) is 9.59 Å². The minimum absolute atomic E-state index is 0.194. The predicted molar refractivity (Wildman–Crippen MR) is 128 cm³/mol. The second-order valence-electron chi connectivity index (χ2n) is 7.11. The number of carbonyl (C=O) groups is 2. The van der Waals surface area contributed by atoms with E-state index in [0.29, 0.717) is 22.7 Å². The van der Waals surface area contributed by atoms with Crippen molar-refractivity contribution in [2.75, 3.05) is 24.9 Å². The van der Waals surface area contributed by atoms with Crippen molar-refractivity contribution in [2.24, 2.45) is 0 Å². The number of nitrogens with one attached hydrogen (secondary N) is 2. The molecule has 0 unspecified atom stereocenters. The Morgan fingerprint density at radius 3 is 2.39 bits per heavy atom. The van der Waals surface area contributed by atoms with E-state index in [0.717, 1.165) is 16.7 Å². The van der Waals surface area contributed by atoms with E-state index in [2.05, 4.69) is 10.6 Å². The molecule has 0 aliphatic heterocycles. The van der Waals surface area contributed by atoms with Gasteiger partial charge in [0.15, 0.2) is 5.76 Å². The van der Waals surface area contributed by atoms with Gasteiger partial charge in [-0.1, -0.05) is 30.3 Å². The first-order valence-corrected chi connectivity index (χ1v) is 10.2. The molecule has 2 N–H and O–H groups in total. The smallest absolute Gasteiger partial charge is 0.291 e. The average Bonchev–Trinajstić information content (AvgIpc) is 3.28. The number of methoxy groups -OCH3 is 2. The lowest BCUT2D eigenvalue weighted by molar-refractivity contribution is -0.111. The molecule has 166 valence electrons. The van der Waals surface area contributed by atoms with Crippen molar-refractivity contribution < 1.29 is 23.5 Å². The molecular weight excluding hydrogens is 420 g/mol. The number of benzene rings is 3. The Hall–Kier alpha value is -4.52. The van der Waals surface area contributed by atoms with Gasteiger partial charge in [-0.05, 0) is 48.0 Å². The molecule has 0 fully saturated rings. The highest BCUT2D eigenvalue weighted by Gasteiger charge is 2.15. The van der Waals surface area contributed by atoms with Crippen LogP contribution in [0.1, 0.15) is 16.1 Å². The van der Waals surface area contributed by atoms with Crippen LogP contribution < -0.4 is 20.1 Å². The summed E-state index contributed by atoms with van der Waals surface area (Å²) >= 11 is 0. The van der Waals surface area contributed by atoms with Gasteiger partial charge in [0.25, 0.3) is 5.91 Å². The maximum atomic E-state index is 12.6. The van der Waals surface area contributed by atoms with Crippen molar-refractivity contribution in [2.45, 2.75) is 0 Å². The summed E-state index contributed by atoms with van der Waals surface area (Å²) in [5.74, 6) is 0.641. The van der Waals surface area contributed by atoms with Crippen LogP contribution in [0.5, 0.6) is 11.5 Å². The van der Waals surface area contributed by atoms with Crippen LogP contribution in [-0.4, -0.2) is 26.0 Å². The van der Waals surface area contributed by atoms with Crippen LogP contribution in [0.3, 0.4) is 0 Å². The Kier molecular flexibility index (Phi) is 6.40. The zero-order valence-corrected chi connectivity index (χ0v) is 18.1. The Morgan fingerprint density at radius 2 is 1.67 bits per heavy atom. The highest BCUT2D eigenvalue weighted by atomic mass is 16.5. The summed E-state index contributed by atoms with van der Waals surface area (Å²) in [6.45, 7) is 0. The summed E-state index contributed by atoms with van der Waals surface area (Å²) in [6.07, 6.45) is 3.14. The normalized spacial score (nSPS) is 10.8. The first-order chi connectivity index (χ1) is 16.1. The molecule has 0 saturated heterocycles. The van der Waals surface area contributed by atoms with Crippen molar-refractivity contribution >= 4 is 40.2 Å². The van der Waals surface area contributed by atoms with E-state index >= 15 is 0 Å². The lowest BCUT2D eigenvalue weighted by Crippen LogP contribution is -2.12. The molecule has 0 atom stereocenters. The summed E-state index contributed by atoms with van der Waals surface area (Å²) in [5, 5.41) is 6.40. The van der Waals surface area contributed by atoms with E-state index in [1.54, 1.807) is 43.5 Å². The van der Waals surface area contributed by atoms with Crippen LogP contribution in [-0.2, 0) is 4.79 Å². The molecule has 0 spiro atoms. The number of anilines is 2. The van der Waals surface area contributed by atoms with E-state index < -0.39 is 5.91 Å². The zero-order valence-electron chi connectivity index (χ0n) is 18.1. The molecule has 0 saturated carbocycles. The summed E-state index contributed by atoms with van der Waals surface area (Å²) in [6, 6.07) is 21.4. The third kappa shape index (κ3) is 5.22. The Labute approximate surface area is 190 Å². The summed E-state index contributed by atoms with van der Waals surface area (Å²) in [5.41, 5.74) is 2.48. The number of hydrogen-bond donors (Lipinski definition) is 2. The fourth-order valence-corrected chi connectivity index (χ4v) is 3.22. The van der Waals surface area contributed by atoms with Crippen molar-refractivity contribution in [1.82, 2.24) is 0 Å². The predicted octanol–water partition coefficient (Wildman–Crippen LogP) is 5.35. The number of hydrogen-bond acceptors (Lipinski definition) is 5. The van der Waals surface area contributed by atoms with Crippen LogP contribution in [0.4, 0.5) is 11.4 Å². The van der Waals surface area contributed by atoms with Gasteiger partial charge < -0.3 is 24.5 Å². The number of furan rings is 1. The highest BCUT2D eigenvalue weighted by molar-refractivity contribution is 6.06. The number of carbonyl (C=O) groups excluding carboxylic acids is 2. The minimum Gasteiger partial charge on any atom is -0.497 e. The van der Waals surface area contributed by atoms with Gasteiger partial charge in [0.05, 0.1) is 19.9 Å². The third-order valence-corrected chi connectivity index (χ3v) is 4.91. The van der Waals surface area contributed by atoms with E-state index in [9.17, 15) is 9.59 Å². The maximum Gasteiger partial charge on any atom is 0.291 e. The van der Waals surface area contributed by atoms with Gasteiger partial charge in [0.2, 0.25) is 5.91 Å². The standard InChI is InChI=1S/C26H22N2O5/c1-31-20-11-7-17(8-12-20)9-14-25(29)27-19-10-13-21(23(16-19)32-2)28-26(30)24-15-18-5-3-4-6-22(18)33-24/h3-16H,1-2H3,(H,27,29)(H,28,30). The molecule has 4 aromatic rings. The number of rotatable bonds is 7. The second-order valence-corrected chi connectivity index (χ2v) is 7.11. The molecule has 2 amide bonds. The fraction of sp³-hybridized carbons (Fsp3) is 0.0769. The monoisotopic (exact) mass is 442 g/mol. The topological polar surface area (TPSA) is 89.8 Å². The molecular formula is C26H22N2O5. The summed E-state index contributed by atoms with van der Waals surface area (Å²) in [4.78, 5) is 24.9. The van der Waals surface area contributed by atoms with Gasteiger partial charge in [0.1, 0.15) is 17.1 Å². The lowest BCUT2D eigenvalue weighted by Gasteiger charge is -2.11. The first kappa shape index (κ1) is 21.7. The number of para-hydroxylation sites is 1. The van der Waals surface area contributed by atoms with Gasteiger partial charge in [0, 0.05) is 23.2 Å². The van der Waals surface area contributed by atoms with E-state index in [-0.39, 0.29) is 11.7 Å². The average molecular weight is 442 g/mol. The van der Waals surface area contributed by atoms with Crippen LogP contribution >= 0.6 is 0 Å². The third-order valence-electron chi connectivity index (χ3n) is 4.91. The first-order valence-electron chi connectivity index (χ1n) is 10.2. The summed E-state index contributed by atoms with van der Waals surface area (Å²) < 4.78 is 16.1. The van der Waals surface area contributed by atoms with Crippen molar-refractivity contribution in [1.29, 1.82) is 0 Å². The van der Waals surface area contributed by atoms with Crippen LogP contribution in [0.25, 0.3) is 17.0 Å². The molecule has 0 bridgehead atoms. The number of ether oxygens (including phenoxy) is 2. The SMILES string of the molecule is COc1ccc(C=CC(=O)Nc2ccc(NC(=O)c3cc4ccccc4o3)c(OC)c2)cc1. The van der Waals surface area contributed by atoms with Crippen molar-refractivity contribution in [3.05, 3.63) is 90.2 Å². The molecule has 0 radical (unpaired) electrons. The summed E-state index contributed by atoms with van der Waals surface area (Å²) in [7, 11) is 3.09. The van der Waals surface area contributed by atoms with Gasteiger partial charge >= 0.3 is 0 Å². The van der Waals surface area contributed by atoms with Crippen LogP contribution in [0, 0.1) is 0 Å². The molecule has 33 heavy (non-hydrogen) atoms. The van der Waals surface area contributed by atoms with Crippen molar-refractivity contribution in [3.8, 4) is 11.5 Å². The quantitative estimate of drug-likeness (QED) is 0.377. The minimum atomic E-state index is -0.399. The van der Waals surface area contributed by atoms with Gasteiger partial charge in [-0.25, -0.2) is 0 Å². The molecule has 7 nitrogen and oxygen atoms in total. The Morgan fingerprint density at radius 1 is 0.879 bits per heavy atom. The Balaban J connectivity index is 1.42. The van der Waals surface area contributed by atoms with Crippen LogP contribution in [0.2, 0.25) is 0 Å². The molecule has 1 heterocycles. The maximum absolute atomic E-state index is 12.6. The van der Waals surface area contributed by atoms with Crippen LogP contribution in [0.15, 0.2) is 83.3 Å². The largest absolute Gasteiger partial charge is 0.497 e. The number of amides is 2. The zero-order chi connectivity index (χ0) is 23.2. The molecule has 7 heteroatoms. The Bertz CT molecular complexity index is 1290. The highest BCUT2D eigenvalue weighted by Crippen LogP contribution is 2.29. The molecule has 0 aliphatic rings. The van der Waals surface area contributed by atoms with Gasteiger partial charge in [-0.2, -0.15) is 0 Å². The fourth-order valence-electron chi connectivity index (χ4n) is 3.22. The van der Waals surface area contributed by atoms with E-state index in [1.165, 1.54) is 13.2 Å². The van der Waals surface area contributed by atoms with E-state index in [4.69, 9.17) is 13.9 Å². The second kappa shape index (κ2) is 9.74. The van der Waals surface area contributed by atoms with Crippen molar-refractivity contribution in [3.63, 3.8) is 0 Å². The van der Waals surface area contributed by atoms with E-state index in [1.807, 2.05) is 42.5 Å². The molecule has 1 aromatic heterocycles. The van der Waals surface area contributed by atoms with Gasteiger partial charge in [-0.15, -0.1) is 0 Å². The molecule has 4 rings (SSSR count). The number of fused-ring (bicyclic) bond motifs is 1.